The van der Waals surface area contributed by atoms with Crippen LogP contribution in [0.4, 0.5) is 11.4 Å². The molecule has 0 aromatic heterocycles. The number of carbonyl (C=O) groups excluding carboxylic acids is 2. The molecule has 7 heteroatoms. The fourth-order valence-electron chi connectivity index (χ4n) is 3.34. The molecule has 2 aliphatic rings. The monoisotopic (exact) mass is 382 g/mol. The summed E-state index contributed by atoms with van der Waals surface area (Å²) in [6.07, 6.45) is 3.27. The lowest BCUT2D eigenvalue weighted by molar-refractivity contribution is -0.116. The highest BCUT2D eigenvalue weighted by Gasteiger charge is 2.19. The second-order valence-electron chi connectivity index (χ2n) is 6.79. The van der Waals surface area contributed by atoms with E-state index in [2.05, 4.69) is 10.6 Å². The van der Waals surface area contributed by atoms with Gasteiger partial charge in [-0.25, -0.2) is 0 Å². The molecule has 2 heterocycles. The quantitative estimate of drug-likeness (QED) is 0.798. The van der Waals surface area contributed by atoms with Crippen molar-refractivity contribution in [1.29, 1.82) is 0 Å². The minimum Gasteiger partial charge on any atom is -0.454 e. The van der Waals surface area contributed by atoms with Gasteiger partial charge in [0.2, 0.25) is 12.7 Å². The molecule has 4 rings (SSSR count). The van der Waals surface area contributed by atoms with E-state index in [4.69, 9.17) is 14.2 Å². The van der Waals surface area contributed by atoms with Gasteiger partial charge in [0, 0.05) is 24.8 Å². The van der Waals surface area contributed by atoms with Crippen molar-refractivity contribution < 1.29 is 23.8 Å². The highest BCUT2D eigenvalue weighted by molar-refractivity contribution is 6.10. The molecule has 0 unspecified atom stereocenters. The lowest BCUT2D eigenvalue weighted by Gasteiger charge is -2.13. The minimum absolute atomic E-state index is 0.126. The molecule has 2 aromatic rings. The first-order valence-corrected chi connectivity index (χ1v) is 9.40. The molecule has 0 bridgehead atoms. The fourth-order valence-corrected chi connectivity index (χ4v) is 3.34. The van der Waals surface area contributed by atoms with Gasteiger partial charge in [0.1, 0.15) is 0 Å². The Bertz CT molecular complexity index is 877. The molecule has 0 radical (unpaired) electrons. The number of ether oxygens (including phenoxy) is 3. The summed E-state index contributed by atoms with van der Waals surface area (Å²) < 4.78 is 16.2. The van der Waals surface area contributed by atoms with Crippen LogP contribution in [0.25, 0.3) is 0 Å². The van der Waals surface area contributed by atoms with Gasteiger partial charge < -0.3 is 24.8 Å². The Labute approximate surface area is 163 Å². The van der Waals surface area contributed by atoms with Crippen LogP contribution in [0.2, 0.25) is 0 Å². The number of anilines is 2. The molecule has 28 heavy (non-hydrogen) atoms. The zero-order chi connectivity index (χ0) is 19.3. The highest BCUT2D eigenvalue weighted by atomic mass is 16.7. The number of fused-ring (bicyclic) bond motifs is 1. The van der Waals surface area contributed by atoms with Crippen LogP contribution >= 0.6 is 0 Å². The molecule has 1 fully saturated rings. The van der Waals surface area contributed by atoms with E-state index in [9.17, 15) is 9.59 Å². The van der Waals surface area contributed by atoms with E-state index in [1.54, 1.807) is 42.5 Å². The molecule has 2 aromatic carbocycles. The molecular formula is C21H22N2O5. The summed E-state index contributed by atoms with van der Waals surface area (Å²) in [6, 6.07) is 12.1. The van der Waals surface area contributed by atoms with Gasteiger partial charge in [0.15, 0.2) is 11.5 Å². The Morgan fingerprint density at radius 2 is 1.89 bits per heavy atom. The van der Waals surface area contributed by atoms with Crippen LogP contribution in [-0.4, -0.2) is 31.3 Å². The first-order chi connectivity index (χ1) is 13.7. The maximum Gasteiger partial charge on any atom is 0.257 e. The molecule has 146 valence electrons. The van der Waals surface area contributed by atoms with Crippen LogP contribution in [0, 0.1) is 0 Å². The van der Waals surface area contributed by atoms with Crippen molar-refractivity contribution in [2.75, 3.05) is 24.0 Å². The fraction of sp³-hybridized carbons (Fsp3) is 0.333. The van der Waals surface area contributed by atoms with E-state index in [1.165, 1.54) is 0 Å². The Morgan fingerprint density at radius 1 is 1.04 bits per heavy atom. The maximum atomic E-state index is 12.7. The average Bonchev–Trinajstić information content (AvgIpc) is 3.38. The molecule has 0 saturated carbocycles. The van der Waals surface area contributed by atoms with Gasteiger partial charge in [-0.2, -0.15) is 0 Å². The standard InChI is InChI=1S/C21H22N2O5/c24-20(10-8-15-4-3-11-26-15)23-17-6-2-1-5-16(17)21(25)22-14-7-9-18-19(12-14)28-13-27-18/h1-2,5-7,9,12,15H,3-4,8,10-11,13H2,(H,22,25)(H,23,24)/t15-/m0/s1. The van der Waals surface area contributed by atoms with Crippen molar-refractivity contribution in [3.63, 3.8) is 0 Å². The van der Waals surface area contributed by atoms with Crippen molar-refractivity contribution in [2.45, 2.75) is 31.8 Å². The summed E-state index contributed by atoms with van der Waals surface area (Å²) in [5.74, 6) is 0.804. The van der Waals surface area contributed by atoms with Gasteiger partial charge in [-0.3, -0.25) is 9.59 Å². The third kappa shape index (κ3) is 4.26. The first kappa shape index (κ1) is 18.3. The molecular weight excluding hydrogens is 360 g/mol. The van der Waals surface area contributed by atoms with Crippen molar-refractivity contribution in [1.82, 2.24) is 0 Å². The van der Waals surface area contributed by atoms with E-state index in [1.807, 2.05) is 0 Å². The molecule has 1 atom stereocenters. The SMILES string of the molecule is O=C(CC[C@@H]1CCCO1)Nc1ccccc1C(=O)Nc1ccc2c(c1)OCO2. The number of amides is 2. The Kier molecular flexibility index (Phi) is 5.43. The van der Waals surface area contributed by atoms with Crippen LogP contribution in [0.15, 0.2) is 42.5 Å². The number of hydrogen-bond donors (Lipinski definition) is 2. The second kappa shape index (κ2) is 8.31. The lowest BCUT2D eigenvalue weighted by Crippen LogP contribution is -2.19. The molecule has 2 aliphatic heterocycles. The van der Waals surface area contributed by atoms with Crippen molar-refractivity contribution >= 4 is 23.2 Å². The van der Waals surface area contributed by atoms with E-state index in [0.717, 1.165) is 19.4 Å². The van der Waals surface area contributed by atoms with Crippen molar-refractivity contribution in [3.8, 4) is 11.5 Å². The minimum atomic E-state index is -0.311. The Hall–Kier alpha value is -3.06. The summed E-state index contributed by atoms with van der Waals surface area (Å²) in [5.41, 5.74) is 1.47. The summed E-state index contributed by atoms with van der Waals surface area (Å²) >= 11 is 0. The molecule has 0 aliphatic carbocycles. The predicted molar refractivity (Wildman–Crippen MR) is 104 cm³/mol. The lowest BCUT2D eigenvalue weighted by atomic mass is 10.1. The second-order valence-corrected chi connectivity index (χ2v) is 6.79. The van der Waals surface area contributed by atoms with E-state index < -0.39 is 0 Å². The summed E-state index contributed by atoms with van der Waals surface area (Å²) in [7, 11) is 0. The Balaban J connectivity index is 1.40. The largest absolute Gasteiger partial charge is 0.454 e. The van der Waals surface area contributed by atoms with Crippen LogP contribution < -0.4 is 20.1 Å². The molecule has 2 amide bonds. The number of hydrogen-bond acceptors (Lipinski definition) is 5. The van der Waals surface area contributed by atoms with Gasteiger partial charge in [0.25, 0.3) is 5.91 Å². The van der Waals surface area contributed by atoms with E-state index in [0.29, 0.717) is 41.3 Å². The van der Waals surface area contributed by atoms with Crippen molar-refractivity contribution in [3.05, 3.63) is 48.0 Å². The first-order valence-electron chi connectivity index (χ1n) is 9.40. The number of nitrogens with one attached hydrogen (secondary N) is 2. The average molecular weight is 382 g/mol. The van der Waals surface area contributed by atoms with Gasteiger partial charge in [-0.1, -0.05) is 12.1 Å². The van der Waals surface area contributed by atoms with Gasteiger partial charge in [-0.15, -0.1) is 0 Å². The van der Waals surface area contributed by atoms with Gasteiger partial charge in [-0.05, 0) is 43.5 Å². The van der Waals surface area contributed by atoms with Crippen LogP contribution in [0.5, 0.6) is 11.5 Å². The third-order valence-corrected chi connectivity index (χ3v) is 4.79. The van der Waals surface area contributed by atoms with Crippen LogP contribution in [0.3, 0.4) is 0 Å². The summed E-state index contributed by atoms with van der Waals surface area (Å²) in [4.78, 5) is 25.0. The zero-order valence-electron chi connectivity index (χ0n) is 15.4. The van der Waals surface area contributed by atoms with E-state index >= 15 is 0 Å². The molecule has 7 nitrogen and oxygen atoms in total. The van der Waals surface area contributed by atoms with E-state index in [-0.39, 0.29) is 24.7 Å². The van der Waals surface area contributed by atoms with Gasteiger partial charge >= 0.3 is 0 Å². The predicted octanol–water partition coefficient (Wildman–Crippen LogP) is 3.57. The third-order valence-electron chi connectivity index (χ3n) is 4.79. The highest BCUT2D eigenvalue weighted by Crippen LogP contribution is 2.34. The summed E-state index contributed by atoms with van der Waals surface area (Å²) in [5, 5.41) is 5.68. The number of benzene rings is 2. The number of carbonyl (C=O) groups is 2. The molecule has 2 N–H and O–H groups in total. The number of para-hydroxylation sites is 1. The van der Waals surface area contributed by atoms with Gasteiger partial charge in [0.05, 0.1) is 17.4 Å². The number of rotatable bonds is 6. The smallest absolute Gasteiger partial charge is 0.257 e. The Morgan fingerprint density at radius 3 is 2.75 bits per heavy atom. The molecule has 0 spiro atoms. The van der Waals surface area contributed by atoms with Crippen molar-refractivity contribution in [2.24, 2.45) is 0 Å². The van der Waals surface area contributed by atoms with Crippen LogP contribution in [-0.2, 0) is 9.53 Å². The molecule has 1 saturated heterocycles. The summed E-state index contributed by atoms with van der Waals surface area (Å²) in [6.45, 7) is 0.947. The maximum absolute atomic E-state index is 12.7. The topological polar surface area (TPSA) is 85.9 Å². The zero-order valence-corrected chi connectivity index (χ0v) is 15.4. The normalized spacial score (nSPS) is 17.4. The van der Waals surface area contributed by atoms with Crippen LogP contribution in [0.1, 0.15) is 36.0 Å².